The molecule has 1 amide bonds. The monoisotopic (exact) mass is 299 g/mol. The van der Waals surface area contributed by atoms with Gasteiger partial charge in [-0.25, -0.2) is 4.98 Å². The van der Waals surface area contributed by atoms with Crippen molar-refractivity contribution in [2.45, 2.75) is 13.0 Å². The van der Waals surface area contributed by atoms with E-state index in [4.69, 9.17) is 16.3 Å². The molecule has 108 valence electrons. The molecule has 3 rings (SSSR count). The third-order valence-electron chi connectivity index (χ3n) is 3.86. The lowest BCUT2D eigenvalue weighted by molar-refractivity contribution is 0.0439. The van der Waals surface area contributed by atoms with Gasteiger partial charge in [-0.05, 0) is 14.0 Å². The second-order valence-corrected chi connectivity index (χ2v) is 5.61. The first-order valence-electron chi connectivity index (χ1n) is 6.47. The molecule has 20 heavy (non-hydrogen) atoms. The number of rotatable bonds is 0. The van der Waals surface area contributed by atoms with Crippen molar-refractivity contribution in [3.8, 4) is 5.75 Å². The van der Waals surface area contributed by atoms with E-state index in [1.54, 1.807) is 11.8 Å². The molecule has 1 fully saturated rings. The van der Waals surface area contributed by atoms with Gasteiger partial charge in [0, 0.05) is 25.2 Å². The van der Waals surface area contributed by atoms with Crippen molar-refractivity contribution >= 4 is 17.5 Å². The molecule has 1 atom stereocenters. The maximum Gasteiger partial charge on any atom is 0.262 e. The van der Waals surface area contributed by atoms with Crippen LogP contribution in [-0.4, -0.2) is 60.0 Å². The van der Waals surface area contributed by atoms with Crippen molar-refractivity contribution in [1.82, 2.24) is 14.8 Å². The number of fused-ring (bicyclic) bond motifs is 2. The van der Waals surface area contributed by atoms with E-state index in [9.17, 15) is 9.18 Å². The van der Waals surface area contributed by atoms with Crippen LogP contribution in [-0.2, 0) is 0 Å². The van der Waals surface area contributed by atoms with Crippen molar-refractivity contribution in [2.75, 3.05) is 33.3 Å². The minimum absolute atomic E-state index is 0.0334. The fourth-order valence-electron chi connectivity index (χ4n) is 2.71. The van der Waals surface area contributed by atoms with E-state index in [1.807, 2.05) is 7.05 Å². The molecule has 2 aliphatic rings. The molecule has 0 aliphatic carbocycles. The van der Waals surface area contributed by atoms with Crippen molar-refractivity contribution in [3.05, 3.63) is 22.2 Å². The molecule has 0 spiro atoms. The summed E-state index contributed by atoms with van der Waals surface area (Å²) < 4.78 is 19.7. The van der Waals surface area contributed by atoms with Gasteiger partial charge >= 0.3 is 0 Å². The van der Waals surface area contributed by atoms with E-state index in [2.05, 4.69) is 9.88 Å². The van der Waals surface area contributed by atoms with Gasteiger partial charge in [0.2, 0.25) is 5.95 Å². The van der Waals surface area contributed by atoms with E-state index in [0.29, 0.717) is 25.3 Å². The summed E-state index contributed by atoms with van der Waals surface area (Å²) in [6, 6.07) is -0.0776. The maximum absolute atomic E-state index is 14.0. The van der Waals surface area contributed by atoms with E-state index in [1.165, 1.54) is 0 Å². The van der Waals surface area contributed by atoms with Gasteiger partial charge in [-0.15, -0.1) is 0 Å². The SMILES string of the molecule is Cc1c(Cl)nc(F)c2c1OC[C@H]1CN(C)CCN1C2=O. The van der Waals surface area contributed by atoms with Crippen LogP contribution in [0.5, 0.6) is 5.75 Å². The summed E-state index contributed by atoms with van der Waals surface area (Å²) in [7, 11) is 1.99. The molecule has 0 radical (unpaired) electrons. The highest BCUT2D eigenvalue weighted by atomic mass is 35.5. The Balaban J connectivity index is 2.08. The number of likely N-dealkylation sites (N-methyl/N-ethyl adjacent to an activating group) is 1. The number of amides is 1. The topological polar surface area (TPSA) is 45.7 Å². The molecule has 2 aliphatic heterocycles. The van der Waals surface area contributed by atoms with Gasteiger partial charge in [-0.1, -0.05) is 11.6 Å². The Morgan fingerprint density at radius 3 is 2.95 bits per heavy atom. The minimum atomic E-state index is -0.861. The zero-order valence-electron chi connectivity index (χ0n) is 11.3. The molecule has 7 heteroatoms. The highest BCUT2D eigenvalue weighted by Gasteiger charge is 2.37. The van der Waals surface area contributed by atoms with E-state index >= 15 is 0 Å². The predicted molar refractivity (Wildman–Crippen MR) is 71.8 cm³/mol. The third kappa shape index (κ3) is 2.03. The summed E-state index contributed by atoms with van der Waals surface area (Å²) >= 11 is 5.86. The van der Waals surface area contributed by atoms with Crippen LogP contribution in [0.4, 0.5) is 4.39 Å². The van der Waals surface area contributed by atoms with Gasteiger partial charge in [0.05, 0.1) is 6.04 Å². The fourth-order valence-corrected chi connectivity index (χ4v) is 2.87. The molecular formula is C13H15ClFN3O2. The number of nitrogens with zero attached hydrogens (tertiary/aromatic N) is 3. The first-order chi connectivity index (χ1) is 9.49. The van der Waals surface area contributed by atoms with E-state index in [-0.39, 0.29) is 28.4 Å². The summed E-state index contributed by atoms with van der Waals surface area (Å²) in [5.41, 5.74) is 0.406. The van der Waals surface area contributed by atoms with Gasteiger partial charge in [0.15, 0.2) is 0 Å². The first-order valence-corrected chi connectivity index (χ1v) is 6.84. The van der Waals surface area contributed by atoms with Gasteiger partial charge < -0.3 is 14.5 Å². The lowest BCUT2D eigenvalue weighted by atomic mass is 10.1. The Bertz CT molecular complexity index is 581. The van der Waals surface area contributed by atoms with Crippen LogP contribution < -0.4 is 4.74 Å². The number of piperazine rings is 1. The fraction of sp³-hybridized carbons (Fsp3) is 0.538. The lowest BCUT2D eigenvalue weighted by Crippen LogP contribution is -2.55. The second-order valence-electron chi connectivity index (χ2n) is 5.25. The Morgan fingerprint density at radius 1 is 1.45 bits per heavy atom. The largest absolute Gasteiger partial charge is 0.490 e. The Kier molecular flexibility index (Phi) is 3.30. The minimum Gasteiger partial charge on any atom is -0.490 e. The highest BCUT2D eigenvalue weighted by Crippen LogP contribution is 2.34. The van der Waals surface area contributed by atoms with Crippen LogP contribution in [0.2, 0.25) is 5.15 Å². The summed E-state index contributed by atoms with van der Waals surface area (Å²) in [5.74, 6) is -0.995. The number of hydrogen-bond acceptors (Lipinski definition) is 4. The molecular weight excluding hydrogens is 285 g/mol. The summed E-state index contributed by atoms with van der Waals surface area (Å²) in [6.45, 7) is 4.05. The van der Waals surface area contributed by atoms with Crippen molar-refractivity contribution < 1.29 is 13.9 Å². The van der Waals surface area contributed by atoms with Crippen LogP contribution in [0.3, 0.4) is 0 Å². The molecule has 1 aromatic rings. The number of aromatic nitrogens is 1. The number of pyridine rings is 1. The van der Waals surface area contributed by atoms with Crippen LogP contribution in [0.15, 0.2) is 0 Å². The van der Waals surface area contributed by atoms with Crippen molar-refractivity contribution in [1.29, 1.82) is 0 Å². The summed E-state index contributed by atoms with van der Waals surface area (Å²) in [5, 5.41) is 0.0334. The quantitative estimate of drug-likeness (QED) is 0.678. The first kappa shape index (κ1) is 13.6. The number of carbonyl (C=O) groups excluding carboxylic acids is 1. The average molecular weight is 300 g/mol. The molecule has 0 N–H and O–H groups in total. The number of halogens is 2. The van der Waals surface area contributed by atoms with Crippen LogP contribution >= 0.6 is 11.6 Å². The van der Waals surface area contributed by atoms with Gasteiger partial charge in [0.25, 0.3) is 5.91 Å². The Labute approximate surface area is 121 Å². The normalized spacial score (nSPS) is 22.9. The van der Waals surface area contributed by atoms with E-state index < -0.39 is 5.95 Å². The van der Waals surface area contributed by atoms with Gasteiger partial charge in [-0.2, -0.15) is 4.39 Å². The third-order valence-corrected chi connectivity index (χ3v) is 4.23. The Morgan fingerprint density at radius 2 is 2.20 bits per heavy atom. The summed E-state index contributed by atoms with van der Waals surface area (Å²) in [4.78, 5) is 20.0. The van der Waals surface area contributed by atoms with Crippen LogP contribution in [0, 0.1) is 12.9 Å². The summed E-state index contributed by atoms with van der Waals surface area (Å²) in [6.07, 6.45) is 0. The van der Waals surface area contributed by atoms with Crippen molar-refractivity contribution in [3.63, 3.8) is 0 Å². The zero-order valence-corrected chi connectivity index (χ0v) is 12.1. The highest BCUT2D eigenvalue weighted by molar-refractivity contribution is 6.30. The predicted octanol–water partition coefficient (Wildman–Crippen LogP) is 1.33. The molecule has 0 bridgehead atoms. The Hall–Kier alpha value is -1.40. The zero-order chi connectivity index (χ0) is 14.4. The molecule has 0 unspecified atom stereocenters. The van der Waals surface area contributed by atoms with Gasteiger partial charge in [-0.3, -0.25) is 4.79 Å². The number of hydrogen-bond donors (Lipinski definition) is 0. The smallest absolute Gasteiger partial charge is 0.262 e. The van der Waals surface area contributed by atoms with Gasteiger partial charge in [0.1, 0.15) is 23.1 Å². The van der Waals surface area contributed by atoms with Crippen molar-refractivity contribution in [2.24, 2.45) is 0 Å². The van der Waals surface area contributed by atoms with E-state index in [0.717, 1.165) is 6.54 Å². The second kappa shape index (κ2) is 4.86. The molecule has 0 saturated carbocycles. The molecule has 0 aromatic carbocycles. The number of ether oxygens (including phenoxy) is 1. The average Bonchev–Trinajstić information content (AvgIpc) is 2.54. The standard InChI is InChI=1S/C13H15ClFN3O2/c1-7-10-9(12(15)16-11(7)14)13(19)18-4-3-17(2)5-8(18)6-20-10/h8H,3-6H2,1-2H3/t8-/m1/s1. The number of carbonyl (C=O) groups is 1. The molecule has 1 saturated heterocycles. The lowest BCUT2D eigenvalue weighted by Gasteiger charge is -2.38. The van der Waals surface area contributed by atoms with Crippen LogP contribution in [0.25, 0.3) is 0 Å². The molecule has 5 nitrogen and oxygen atoms in total. The molecule has 1 aromatic heterocycles. The maximum atomic E-state index is 14.0. The van der Waals surface area contributed by atoms with Crippen LogP contribution in [0.1, 0.15) is 15.9 Å². The molecule has 3 heterocycles.